The fourth-order valence-electron chi connectivity index (χ4n) is 4.45. The Bertz CT molecular complexity index is 606. The van der Waals surface area contributed by atoms with Gasteiger partial charge in [-0.25, -0.2) is 4.99 Å². The van der Waals surface area contributed by atoms with Crippen LogP contribution in [0.2, 0.25) is 0 Å². The summed E-state index contributed by atoms with van der Waals surface area (Å²) in [7, 11) is 1.92. The van der Waals surface area contributed by atoms with E-state index in [0.717, 1.165) is 25.8 Å². The monoisotopic (exact) mass is 447 g/mol. The molecule has 0 aromatic carbocycles. The lowest BCUT2D eigenvalue weighted by Crippen LogP contribution is -2.65. The third kappa shape index (κ3) is 5.77. The number of likely N-dealkylation sites (tertiary alicyclic amines) is 1. The summed E-state index contributed by atoms with van der Waals surface area (Å²) in [4.78, 5) is 19.3. The maximum Gasteiger partial charge on any atom is 0.237 e. The van der Waals surface area contributed by atoms with Crippen LogP contribution in [0.4, 0.5) is 0 Å². The number of nitrogens with two attached hydrogens (primary N) is 2. The number of nitrogens with zero attached hydrogens (tertiary/aromatic N) is 2. The maximum atomic E-state index is 13.1. The van der Waals surface area contributed by atoms with Crippen molar-refractivity contribution >= 4 is 23.6 Å². The van der Waals surface area contributed by atoms with E-state index < -0.39 is 41.9 Å². The van der Waals surface area contributed by atoms with Gasteiger partial charge in [0.05, 0.1) is 18.1 Å². The molecule has 9 atom stereocenters. The minimum absolute atomic E-state index is 0.157. The molecule has 0 bridgehead atoms. The Hall–Kier alpha value is -1.11. The Morgan fingerprint density at radius 1 is 1.30 bits per heavy atom. The van der Waals surface area contributed by atoms with E-state index >= 15 is 0 Å². The molecule has 2 fully saturated rings. The first-order valence-corrected chi connectivity index (χ1v) is 11.7. The summed E-state index contributed by atoms with van der Waals surface area (Å²) >= 11 is 1.21. The molecule has 2 saturated heterocycles. The van der Waals surface area contributed by atoms with Gasteiger partial charge in [-0.2, -0.15) is 0 Å². The van der Waals surface area contributed by atoms with Gasteiger partial charge in [-0.1, -0.05) is 13.3 Å². The molecule has 11 heteroatoms. The van der Waals surface area contributed by atoms with Crippen LogP contribution in [0.1, 0.15) is 33.1 Å². The molecule has 1 amide bonds. The minimum atomic E-state index is -1.42. The molecule has 0 saturated carbocycles. The predicted octanol–water partition coefficient (Wildman–Crippen LogP) is -1.58. The zero-order valence-corrected chi connectivity index (χ0v) is 19.0. The van der Waals surface area contributed by atoms with Crippen molar-refractivity contribution in [3.63, 3.8) is 0 Å². The number of rotatable bonds is 8. The molecule has 174 valence electrons. The largest absolute Gasteiger partial charge is 0.388 e. The number of nitrogens with one attached hydrogen (secondary N) is 1. The summed E-state index contributed by atoms with van der Waals surface area (Å²) in [5.74, 6) is 0.101. The molecule has 8 N–H and O–H groups in total. The number of ether oxygens (including phenoxy) is 1. The smallest absolute Gasteiger partial charge is 0.237 e. The topological polar surface area (TPSA) is 167 Å². The van der Waals surface area contributed by atoms with E-state index in [1.165, 1.54) is 11.8 Å². The molecule has 0 aliphatic carbocycles. The highest BCUT2D eigenvalue weighted by Gasteiger charge is 2.48. The molecule has 30 heavy (non-hydrogen) atoms. The van der Waals surface area contributed by atoms with Crippen LogP contribution in [0.5, 0.6) is 0 Å². The minimum Gasteiger partial charge on any atom is -0.388 e. The first-order chi connectivity index (χ1) is 14.1. The van der Waals surface area contributed by atoms with Gasteiger partial charge in [-0.05, 0) is 39.0 Å². The number of carbonyl (C=O) groups excluding carboxylic acids is 1. The summed E-state index contributed by atoms with van der Waals surface area (Å²) in [6.07, 6.45) is -0.486. The SMILES string of the molecule is CCC[C@@H]1C[C@@H](C(=O)N[C@H]([C@H](C)N=C(N)N)[C@H]2OC(SC)[C@H](O)[C@H](O)C2O)N(C)C1. The Morgan fingerprint density at radius 2 is 1.97 bits per heavy atom. The molecule has 2 aliphatic rings. The zero-order valence-electron chi connectivity index (χ0n) is 18.1. The number of likely N-dealkylation sites (N-methyl/N-ethyl adjacent to an activating group) is 1. The van der Waals surface area contributed by atoms with Crippen LogP contribution in [0.25, 0.3) is 0 Å². The van der Waals surface area contributed by atoms with Gasteiger partial charge in [0.25, 0.3) is 0 Å². The van der Waals surface area contributed by atoms with Crippen molar-refractivity contribution in [2.75, 3.05) is 19.8 Å². The van der Waals surface area contributed by atoms with Crippen LogP contribution in [0.15, 0.2) is 4.99 Å². The number of aliphatic imine (C=N–C) groups is 1. The van der Waals surface area contributed by atoms with Crippen LogP contribution >= 0.6 is 11.8 Å². The summed E-state index contributed by atoms with van der Waals surface area (Å²) in [5, 5.41) is 34.0. The van der Waals surface area contributed by atoms with Crippen molar-refractivity contribution in [1.29, 1.82) is 0 Å². The second-order valence-electron chi connectivity index (χ2n) is 8.35. The highest BCUT2D eigenvalue weighted by atomic mass is 32.2. The first kappa shape index (κ1) is 25.2. The molecule has 0 aromatic heterocycles. The standard InChI is InChI=1S/C19H37N5O5S/c1-5-6-10-7-11(24(3)8-10)17(28)23-12(9(2)22-19(20)21)16-14(26)13(25)15(27)18(29-16)30-4/h9-16,18,25-27H,5-8H2,1-4H3,(H,23,28)(H4,20,21,22)/t9-,10+,11-,12+,13+,14?,15+,16+,18?/m0/s1. The van der Waals surface area contributed by atoms with Crippen molar-refractivity contribution in [1.82, 2.24) is 10.2 Å². The first-order valence-electron chi connectivity index (χ1n) is 10.4. The van der Waals surface area contributed by atoms with Gasteiger partial charge < -0.3 is 36.8 Å². The second kappa shape index (κ2) is 11.0. The van der Waals surface area contributed by atoms with Crippen molar-refractivity contribution in [3.05, 3.63) is 0 Å². The maximum absolute atomic E-state index is 13.1. The van der Waals surface area contributed by atoms with Crippen LogP contribution in [-0.2, 0) is 9.53 Å². The van der Waals surface area contributed by atoms with E-state index in [1.54, 1.807) is 13.2 Å². The number of aliphatic hydroxyl groups is 3. The molecule has 2 aliphatic heterocycles. The molecule has 2 unspecified atom stereocenters. The fraction of sp³-hybridized carbons (Fsp3) is 0.895. The van der Waals surface area contributed by atoms with Gasteiger partial charge in [0.2, 0.25) is 5.91 Å². The zero-order chi connectivity index (χ0) is 22.6. The van der Waals surface area contributed by atoms with E-state index in [-0.39, 0.29) is 17.9 Å². The Balaban J connectivity index is 2.23. The van der Waals surface area contributed by atoms with Gasteiger partial charge in [-0.3, -0.25) is 9.69 Å². The number of amides is 1. The van der Waals surface area contributed by atoms with E-state index in [4.69, 9.17) is 16.2 Å². The normalized spacial score (nSPS) is 36.8. The van der Waals surface area contributed by atoms with E-state index in [9.17, 15) is 20.1 Å². The van der Waals surface area contributed by atoms with Crippen molar-refractivity contribution in [3.8, 4) is 0 Å². The fourth-order valence-corrected chi connectivity index (χ4v) is 5.13. The molecule has 2 heterocycles. The van der Waals surface area contributed by atoms with Gasteiger partial charge >= 0.3 is 0 Å². The van der Waals surface area contributed by atoms with Gasteiger partial charge in [0.15, 0.2) is 5.96 Å². The number of carbonyl (C=O) groups is 1. The van der Waals surface area contributed by atoms with Gasteiger partial charge in [0, 0.05) is 6.54 Å². The number of aliphatic hydroxyl groups excluding tert-OH is 3. The average Bonchev–Trinajstić information content (AvgIpc) is 3.05. The highest BCUT2D eigenvalue weighted by molar-refractivity contribution is 7.99. The summed E-state index contributed by atoms with van der Waals surface area (Å²) in [6.45, 7) is 4.68. The van der Waals surface area contributed by atoms with Crippen LogP contribution < -0.4 is 16.8 Å². The molecule has 10 nitrogen and oxygen atoms in total. The lowest BCUT2D eigenvalue weighted by Gasteiger charge is -2.44. The summed E-state index contributed by atoms with van der Waals surface area (Å²) in [5.41, 5.74) is 10.3. The van der Waals surface area contributed by atoms with Crippen LogP contribution in [0, 0.1) is 5.92 Å². The Kier molecular flexibility index (Phi) is 9.19. The quantitative estimate of drug-likeness (QED) is 0.190. The predicted molar refractivity (Wildman–Crippen MR) is 117 cm³/mol. The Labute approximate surface area is 182 Å². The molecular formula is C19H37N5O5S. The molecular weight excluding hydrogens is 410 g/mol. The van der Waals surface area contributed by atoms with Crippen molar-refractivity contribution in [2.45, 2.75) is 81.1 Å². The third-order valence-electron chi connectivity index (χ3n) is 6.01. The van der Waals surface area contributed by atoms with E-state index in [1.807, 2.05) is 11.9 Å². The second-order valence-corrected chi connectivity index (χ2v) is 9.29. The van der Waals surface area contributed by atoms with E-state index in [0.29, 0.717) is 5.92 Å². The molecule has 0 aromatic rings. The van der Waals surface area contributed by atoms with Crippen LogP contribution in [-0.4, -0.2) is 99.9 Å². The third-order valence-corrected chi connectivity index (χ3v) is 6.86. The molecule has 2 rings (SSSR count). The number of guanidine groups is 1. The van der Waals surface area contributed by atoms with Crippen LogP contribution in [0.3, 0.4) is 0 Å². The summed E-state index contributed by atoms with van der Waals surface area (Å²) in [6, 6.07) is -1.73. The van der Waals surface area contributed by atoms with Crippen molar-refractivity contribution in [2.24, 2.45) is 22.4 Å². The average molecular weight is 448 g/mol. The number of hydrogen-bond donors (Lipinski definition) is 6. The molecule has 0 spiro atoms. The molecule has 0 radical (unpaired) electrons. The van der Waals surface area contributed by atoms with Gasteiger partial charge in [0.1, 0.15) is 29.9 Å². The van der Waals surface area contributed by atoms with Gasteiger partial charge in [-0.15, -0.1) is 11.8 Å². The van der Waals surface area contributed by atoms with Crippen molar-refractivity contribution < 1.29 is 24.9 Å². The lowest BCUT2D eigenvalue weighted by atomic mass is 9.91. The summed E-state index contributed by atoms with van der Waals surface area (Å²) < 4.78 is 5.87. The lowest BCUT2D eigenvalue weighted by molar-refractivity contribution is -0.206. The Morgan fingerprint density at radius 3 is 2.53 bits per heavy atom. The van der Waals surface area contributed by atoms with E-state index in [2.05, 4.69) is 17.2 Å². The highest BCUT2D eigenvalue weighted by Crippen LogP contribution is 2.31. The number of hydrogen-bond acceptors (Lipinski definition) is 8. The number of thioether (sulfide) groups is 1.